The molecule has 0 spiro atoms. The summed E-state index contributed by atoms with van der Waals surface area (Å²) in [6.45, 7) is 0. The van der Waals surface area contributed by atoms with Gasteiger partial charge in [-0.1, -0.05) is 36.4 Å². The second kappa shape index (κ2) is 5.42. The Morgan fingerprint density at radius 1 is 1.06 bits per heavy atom. The molecule has 2 nitrogen and oxygen atoms in total. The predicted octanol–water partition coefficient (Wildman–Crippen LogP) is 2.58. The molecule has 2 aromatic rings. The molecule has 0 amide bonds. The molecule has 1 unspecified atom stereocenters. The maximum absolute atomic E-state index is 4.35. The molecule has 0 bridgehead atoms. The van der Waals surface area contributed by atoms with E-state index in [1.807, 2.05) is 31.4 Å². The topological polar surface area (TPSA) is 24.9 Å². The van der Waals surface area contributed by atoms with E-state index in [1.165, 1.54) is 5.56 Å². The van der Waals surface area contributed by atoms with Crippen molar-refractivity contribution in [1.82, 2.24) is 10.3 Å². The van der Waals surface area contributed by atoms with Gasteiger partial charge in [-0.2, -0.15) is 0 Å². The fourth-order valence-corrected chi connectivity index (χ4v) is 1.80. The van der Waals surface area contributed by atoms with Crippen LogP contribution in [0.3, 0.4) is 0 Å². The monoisotopic (exact) mass is 212 g/mol. The number of aromatic nitrogens is 1. The maximum Gasteiger partial charge on any atom is 0.0422 e. The van der Waals surface area contributed by atoms with Crippen molar-refractivity contribution in [2.75, 3.05) is 7.05 Å². The molecule has 2 heteroatoms. The van der Waals surface area contributed by atoms with E-state index in [2.05, 4.69) is 40.6 Å². The summed E-state index contributed by atoms with van der Waals surface area (Å²) in [4.78, 5) is 4.35. The van der Waals surface area contributed by atoms with Gasteiger partial charge in [0.25, 0.3) is 0 Å². The zero-order chi connectivity index (χ0) is 11.2. The molecule has 0 aliphatic carbocycles. The standard InChI is InChI=1S/C14H16N2/c1-15-14(12-7-3-2-4-8-12)11-13-9-5-6-10-16-13/h2-10,14-15H,11H2,1H3. The van der Waals surface area contributed by atoms with Gasteiger partial charge >= 0.3 is 0 Å². The molecule has 1 heterocycles. The molecule has 0 saturated carbocycles. The van der Waals surface area contributed by atoms with Crippen LogP contribution in [0.15, 0.2) is 54.7 Å². The third-order valence-corrected chi connectivity index (χ3v) is 2.69. The summed E-state index contributed by atoms with van der Waals surface area (Å²) < 4.78 is 0. The van der Waals surface area contributed by atoms with Crippen molar-refractivity contribution in [1.29, 1.82) is 0 Å². The fourth-order valence-electron chi connectivity index (χ4n) is 1.80. The summed E-state index contributed by atoms with van der Waals surface area (Å²) in [5.41, 5.74) is 2.42. The molecular formula is C14H16N2. The van der Waals surface area contributed by atoms with Gasteiger partial charge in [0.15, 0.2) is 0 Å². The van der Waals surface area contributed by atoms with Gasteiger partial charge in [-0.3, -0.25) is 4.98 Å². The van der Waals surface area contributed by atoms with Gasteiger partial charge < -0.3 is 5.32 Å². The Bertz CT molecular complexity index is 411. The zero-order valence-corrected chi connectivity index (χ0v) is 9.43. The molecule has 0 aliphatic rings. The quantitative estimate of drug-likeness (QED) is 0.842. The molecule has 1 atom stereocenters. The van der Waals surface area contributed by atoms with Crippen molar-refractivity contribution in [3.05, 3.63) is 66.0 Å². The molecule has 1 N–H and O–H groups in total. The number of pyridine rings is 1. The Balaban J connectivity index is 2.13. The highest BCUT2D eigenvalue weighted by molar-refractivity contribution is 5.21. The van der Waals surface area contributed by atoms with Crippen LogP contribution in [-0.4, -0.2) is 12.0 Å². The number of hydrogen-bond donors (Lipinski definition) is 1. The third-order valence-electron chi connectivity index (χ3n) is 2.69. The number of nitrogens with zero attached hydrogens (tertiary/aromatic N) is 1. The lowest BCUT2D eigenvalue weighted by Gasteiger charge is -2.15. The van der Waals surface area contributed by atoms with Crippen LogP contribution < -0.4 is 5.32 Å². The summed E-state index contributed by atoms with van der Waals surface area (Å²) in [5.74, 6) is 0. The predicted molar refractivity (Wildman–Crippen MR) is 66.2 cm³/mol. The van der Waals surface area contributed by atoms with Crippen LogP contribution in [0.25, 0.3) is 0 Å². The number of rotatable bonds is 4. The maximum atomic E-state index is 4.35. The van der Waals surface area contributed by atoms with Crippen LogP contribution in [0.2, 0.25) is 0 Å². The highest BCUT2D eigenvalue weighted by Crippen LogP contribution is 2.16. The average Bonchev–Trinajstić information content (AvgIpc) is 2.38. The normalized spacial score (nSPS) is 12.3. The molecule has 2 rings (SSSR count). The minimum atomic E-state index is 0.330. The van der Waals surface area contributed by atoms with Crippen molar-refractivity contribution in [3.8, 4) is 0 Å². The van der Waals surface area contributed by atoms with Gasteiger partial charge in [-0.25, -0.2) is 0 Å². The first-order valence-electron chi connectivity index (χ1n) is 5.52. The largest absolute Gasteiger partial charge is 0.313 e. The third kappa shape index (κ3) is 2.67. The van der Waals surface area contributed by atoms with Gasteiger partial charge in [0.05, 0.1) is 0 Å². The van der Waals surface area contributed by atoms with Crippen LogP contribution in [0.4, 0.5) is 0 Å². The molecule has 0 fully saturated rings. The van der Waals surface area contributed by atoms with Gasteiger partial charge in [-0.05, 0) is 24.7 Å². The molecule has 1 aromatic carbocycles. The van der Waals surface area contributed by atoms with Gasteiger partial charge in [-0.15, -0.1) is 0 Å². The summed E-state index contributed by atoms with van der Waals surface area (Å²) in [7, 11) is 1.99. The Labute approximate surface area is 96.4 Å². The summed E-state index contributed by atoms with van der Waals surface area (Å²) in [6.07, 6.45) is 2.76. The molecule has 82 valence electrons. The first-order valence-corrected chi connectivity index (χ1v) is 5.52. The first-order chi connectivity index (χ1) is 7.90. The van der Waals surface area contributed by atoms with E-state index in [1.54, 1.807) is 0 Å². The summed E-state index contributed by atoms with van der Waals surface area (Å²) in [5, 5.41) is 3.33. The summed E-state index contributed by atoms with van der Waals surface area (Å²) in [6, 6.07) is 16.8. The molecule has 0 saturated heterocycles. The summed E-state index contributed by atoms with van der Waals surface area (Å²) >= 11 is 0. The molecule has 0 aliphatic heterocycles. The van der Waals surface area contributed by atoms with Crippen molar-refractivity contribution in [2.45, 2.75) is 12.5 Å². The number of hydrogen-bond acceptors (Lipinski definition) is 2. The highest BCUT2D eigenvalue weighted by Gasteiger charge is 2.09. The smallest absolute Gasteiger partial charge is 0.0422 e. The Morgan fingerprint density at radius 3 is 2.44 bits per heavy atom. The van der Waals surface area contributed by atoms with Crippen LogP contribution in [-0.2, 0) is 6.42 Å². The number of likely N-dealkylation sites (N-methyl/N-ethyl adjacent to an activating group) is 1. The van der Waals surface area contributed by atoms with Crippen molar-refractivity contribution >= 4 is 0 Å². The van der Waals surface area contributed by atoms with Crippen molar-refractivity contribution < 1.29 is 0 Å². The molecule has 1 aromatic heterocycles. The van der Waals surface area contributed by atoms with E-state index in [0.29, 0.717) is 6.04 Å². The number of nitrogens with one attached hydrogen (secondary N) is 1. The Morgan fingerprint density at radius 2 is 1.81 bits per heavy atom. The van der Waals surface area contributed by atoms with Crippen molar-refractivity contribution in [3.63, 3.8) is 0 Å². The first kappa shape index (κ1) is 10.8. The van der Waals surface area contributed by atoms with E-state index in [9.17, 15) is 0 Å². The van der Waals surface area contributed by atoms with E-state index >= 15 is 0 Å². The minimum Gasteiger partial charge on any atom is -0.313 e. The second-order valence-corrected chi connectivity index (χ2v) is 3.78. The van der Waals surface area contributed by atoms with Gasteiger partial charge in [0, 0.05) is 24.4 Å². The Hall–Kier alpha value is -1.67. The van der Waals surface area contributed by atoms with E-state index < -0.39 is 0 Å². The van der Waals surface area contributed by atoms with E-state index in [4.69, 9.17) is 0 Å². The second-order valence-electron chi connectivity index (χ2n) is 3.78. The molecular weight excluding hydrogens is 196 g/mol. The zero-order valence-electron chi connectivity index (χ0n) is 9.43. The minimum absolute atomic E-state index is 0.330. The number of benzene rings is 1. The van der Waals surface area contributed by atoms with Crippen molar-refractivity contribution in [2.24, 2.45) is 0 Å². The SMILES string of the molecule is CNC(Cc1ccccn1)c1ccccc1. The van der Waals surface area contributed by atoms with Crippen LogP contribution in [0, 0.1) is 0 Å². The lowest BCUT2D eigenvalue weighted by molar-refractivity contribution is 0.584. The van der Waals surface area contributed by atoms with Crippen LogP contribution in [0.1, 0.15) is 17.3 Å². The molecule has 16 heavy (non-hydrogen) atoms. The average molecular weight is 212 g/mol. The fraction of sp³-hybridized carbons (Fsp3) is 0.214. The van der Waals surface area contributed by atoms with Crippen LogP contribution >= 0.6 is 0 Å². The van der Waals surface area contributed by atoms with Crippen LogP contribution in [0.5, 0.6) is 0 Å². The van der Waals surface area contributed by atoms with E-state index in [-0.39, 0.29) is 0 Å². The Kier molecular flexibility index (Phi) is 3.67. The lowest BCUT2D eigenvalue weighted by atomic mass is 10.0. The lowest BCUT2D eigenvalue weighted by Crippen LogP contribution is -2.19. The van der Waals surface area contributed by atoms with Gasteiger partial charge in [0.2, 0.25) is 0 Å². The molecule has 0 radical (unpaired) electrons. The highest BCUT2D eigenvalue weighted by atomic mass is 14.9. The van der Waals surface area contributed by atoms with Gasteiger partial charge in [0.1, 0.15) is 0 Å². The van der Waals surface area contributed by atoms with E-state index in [0.717, 1.165) is 12.1 Å².